The van der Waals surface area contributed by atoms with Crippen molar-refractivity contribution in [3.05, 3.63) is 253 Å². The summed E-state index contributed by atoms with van der Waals surface area (Å²) in [6, 6.07) is 84.0. The monoisotopic (exact) mass is 974 g/mol. The fourth-order valence-corrected chi connectivity index (χ4v) is 13.7. The van der Waals surface area contributed by atoms with Crippen LogP contribution in [0.4, 0.5) is 34.1 Å². The van der Waals surface area contributed by atoms with Gasteiger partial charge in [-0.2, -0.15) is 0 Å². The first kappa shape index (κ1) is 43.1. The molecule has 2 aliphatic carbocycles. The van der Waals surface area contributed by atoms with Gasteiger partial charge in [-0.3, -0.25) is 0 Å². The van der Waals surface area contributed by atoms with Gasteiger partial charge >= 0.3 is 0 Å². The molecule has 76 heavy (non-hydrogen) atoms. The van der Waals surface area contributed by atoms with Gasteiger partial charge in [0, 0.05) is 89.1 Å². The molecule has 2 aliphatic heterocycles. The van der Waals surface area contributed by atoms with Gasteiger partial charge < -0.3 is 19.3 Å². The Balaban J connectivity index is 0.958. The Kier molecular flexibility index (Phi) is 8.83. The maximum Gasteiger partial charge on any atom is 0.140 e. The van der Waals surface area contributed by atoms with Crippen molar-refractivity contribution >= 4 is 66.4 Å². The van der Waals surface area contributed by atoms with Gasteiger partial charge in [-0.05, 0) is 140 Å². The van der Waals surface area contributed by atoms with E-state index in [0.717, 1.165) is 79.0 Å². The van der Waals surface area contributed by atoms with Crippen LogP contribution in [-0.4, -0.2) is 0 Å². The molecule has 12 aromatic rings. The molecular weight excluding hydrogens is 925 g/mol. The summed E-state index contributed by atoms with van der Waals surface area (Å²) in [5.41, 5.74) is 20.1. The molecule has 0 aromatic heterocycles. The number of ether oxygens (including phenoxy) is 2. The first-order chi connectivity index (χ1) is 37.2. The molecule has 16 rings (SSSR count). The summed E-state index contributed by atoms with van der Waals surface area (Å²) >= 11 is 0. The molecule has 0 saturated heterocycles. The molecular formula is C72H50N2O2. The fraction of sp³-hybridized carbons (Fsp3) is 0.0833. The number of para-hydroxylation sites is 4. The summed E-state index contributed by atoms with van der Waals surface area (Å²) in [6.45, 7) is 9.60. The Morgan fingerprint density at radius 1 is 0.289 bits per heavy atom. The normalized spacial score (nSPS) is 14.2. The third-order valence-electron chi connectivity index (χ3n) is 17.1. The van der Waals surface area contributed by atoms with E-state index in [1.807, 2.05) is 0 Å². The highest BCUT2D eigenvalue weighted by Gasteiger charge is 2.49. The summed E-state index contributed by atoms with van der Waals surface area (Å²) in [6.07, 6.45) is 0. The lowest BCUT2D eigenvalue weighted by molar-refractivity contribution is 0.461. The van der Waals surface area contributed by atoms with Crippen LogP contribution in [-0.2, 0) is 10.8 Å². The van der Waals surface area contributed by atoms with Crippen molar-refractivity contribution in [2.24, 2.45) is 0 Å². The minimum Gasteiger partial charge on any atom is -0.456 e. The number of nitrogens with zero attached hydrogens (tertiary/aromatic N) is 2. The first-order valence-corrected chi connectivity index (χ1v) is 26.5. The largest absolute Gasteiger partial charge is 0.456 e. The quantitative estimate of drug-likeness (QED) is 0.166. The summed E-state index contributed by atoms with van der Waals surface area (Å²) in [7, 11) is 0. The number of benzene rings is 12. The van der Waals surface area contributed by atoms with Gasteiger partial charge in [-0.1, -0.05) is 173 Å². The second kappa shape index (κ2) is 15.6. The Morgan fingerprint density at radius 2 is 0.645 bits per heavy atom. The minimum absolute atomic E-state index is 0.474. The molecule has 0 amide bonds. The zero-order chi connectivity index (χ0) is 50.6. The zero-order valence-corrected chi connectivity index (χ0v) is 42.7. The van der Waals surface area contributed by atoms with Crippen molar-refractivity contribution in [1.29, 1.82) is 0 Å². The van der Waals surface area contributed by atoms with Crippen molar-refractivity contribution in [1.82, 2.24) is 0 Å². The predicted molar refractivity (Wildman–Crippen MR) is 314 cm³/mol. The van der Waals surface area contributed by atoms with Gasteiger partial charge in [0.25, 0.3) is 0 Å². The van der Waals surface area contributed by atoms with Crippen LogP contribution in [0.3, 0.4) is 0 Å². The second-order valence-electron chi connectivity index (χ2n) is 22.0. The topological polar surface area (TPSA) is 24.9 Å². The zero-order valence-electron chi connectivity index (χ0n) is 42.7. The van der Waals surface area contributed by atoms with Crippen molar-refractivity contribution < 1.29 is 9.47 Å². The molecule has 360 valence electrons. The first-order valence-electron chi connectivity index (χ1n) is 26.5. The summed E-state index contributed by atoms with van der Waals surface area (Å²) in [4.78, 5) is 4.80. The molecule has 4 aliphatic rings. The fourth-order valence-electron chi connectivity index (χ4n) is 13.7. The highest BCUT2D eigenvalue weighted by atomic mass is 16.5. The summed E-state index contributed by atoms with van der Waals surface area (Å²) in [5, 5.41) is 7.09. The van der Waals surface area contributed by atoms with Crippen molar-refractivity contribution in [3.63, 3.8) is 0 Å². The van der Waals surface area contributed by atoms with Gasteiger partial charge in [0.15, 0.2) is 0 Å². The van der Waals surface area contributed by atoms with Crippen molar-refractivity contribution in [2.45, 2.75) is 38.5 Å². The standard InChI is InChI=1S/C72H50N2O2/c1-71(2)57-41-51(73(47-23-7-5-8-24-47)49-33-31-43-19-11-13-21-45(43)39-49)35-37-53(57)63-61-55-27-15-18-30-60(55)76-70-66(61)65-62(56-28-16-17-29-59(56)75-69(65)67(63)71)64-54-38-36-52(42-58(54)72(3,4)68(64)70)74(48-25-9-6-10-26-48)50-34-32-44-20-12-14-22-46(44)40-50/h5-42H,1-4H3. The van der Waals surface area contributed by atoms with Gasteiger partial charge in [0.05, 0.1) is 0 Å². The second-order valence-corrected chi connectivity index (χ2v) is 22.0. The van der Waals surface area contributed by atoms with E-state index < -0.39 is 10.8 Å². The third kappa shape index (κ3) is 5.90. The molecule has 0 unspecified atom stereocenters. The lowest BCUT2D eigenvalue weighted by Gasteiger charge is -2.35. The van der Waals surface area contributed by atoms with Gasteiger partial charge in [-0.25, -0.2) is 0 Å². The number of hydrogen-bond donors (Lipinski definition) is 0. The van der Waals surface area contributed by atoms with Crippen LogP contribution < -0.4 is 19.3 Å². The molecule has 12 aromatic carbocycles. The molecule has 0 saturated carbocycles. The summed E-state index contributed by atoms with van der Waals surface area (Å²) in [5.74, 6) is 3.57. The Morgan fingerprint density at radius 3 is 1.08 bits per heavy atom. The number of anilines is 6. The van der Waals surface area contributed by atoms with E-state index >= 15 is 0 Å². The van der Waals surface area contributed by atoms with E-state index in [2.05, 4.69) is 268 Å². The van der Waals surface area contributed by atoms with Gasteiger partial charge in [0.2, 0.25) is 0 Å². The van der Waals surface area contributed by atoms with Crippen LogP contribution in [0.2, 0.25) is 0 Å². The third-order valence-corrected chi connectivity index (χ3v) is 17.1. The SMILES string of the molecule is CC1(C)c2cc(N(c3ccccc3)c3ccc4ccccc4c3)ccc2-c2c1c1c3c(c4c(c5c3c2-c2ccccc2O5)C(C)(C)c2cc(N(c3ccccc3)c3ccc5ccccc5c3)ccc2-4)-c2ccccc2O1. The average Bonchev–Trinajstić information content (AvgIpc) is 3.95. The molecule has 0 N–H and O–H groups in total. The molecule has 0 bridgehead atoms. The van der Waals surface area contributed by atoms with Crippen LogP contribution >= 0.6 is 0 Å². The number of hydrogen-bond acceptors (Lipinski definition) is 4. The van der Waals surface area contributed by atoms with Gasteiger partial charge in [0.1, 0.15) is 23.0 Å². The maximum absolute atomic E-state index is 7.49. The molecule has 0 fully saturated rings. The van der Waals surface area contributed by atoms with Crippen LogP contribution in [0.1, 0.15) is 49.9 Å². The predicted octanol–water partition coefficient (Wildman–Crippen LogP) is 20.2. The molecule has 2 heterocycles. The molecule has 4 nitrogen and oxygen atoms in total. The molecule has 0 radical (unpaired) electrons. The lowest BCUT2D eigenvalue weighted by atomic mass is 9.74. The van der Waals surface area contributed by atoms with E-state index in [1.54, 1.807) is 0 Å². The highest BCUT2D eigenvalue weighted by Crippen LogP contribution is 2.70. The number of fused-ring (bicyclic) bond motifs is 16. The average molecular weight is 975 g/mol. The van der Waals surface area contributed by atoms with E-state index in [0.29, 0.717) is 0 Å². The Bertz CT molecular complexity index is 4190. The van der Waals surface area contributed by atoms with Crippen LogP contribution in [0.15, 0.2) is 231 Å². The van der Waals surface area contributed by atoms with Crippen LogP contribution in [0.5, 0.6) is 23.0 Å². The smallest absolute Gasteiger partial charge is 0.140 e. The molecule has 4 heteroatoms. The Labute approximate surface area is 442 Å². The number of rotatable bonds is 6. The van der Waals surface area contributed by atoms with E-state index in [4.69, 9.17) is 9.47 Å². The van der Waals surface area contributed by atoms with Crippen LogP contribution in [0, 0.1) is 0 Å². The van der Waals surface area contributed by atoms with Crippen LogP contribution in [0.25, 0.3) is 76.8 Å². The van der Waals surface area contributed by atoms with E-state index in [-0.39, 0.29) is 0 Å². The summed E-state index contributed by atoms with van der Waals surface area (Å²) < 4.78 is 15.0. The maximum atomic E-state index is 7.49. The lowest BCUT2D eigenvalue weighted by Crippen LogP contribution is -2.20. The Hall–Kier alpha value is -9.38. The van der Waals surface area contributed by atoms with Crippen molar-refractivity contribution in [3.8, 4) is 67.5 Å². The van der Waals surface area contributed by atoms with Gasteiger partial charge in [-0.15, -0.1) is 0 Å². The molecule has 0 spiro atoms. The molecule has 0 atom stereocenters. The van der Waals surface area contributed by atoms with E-state index in [9.17, 15) is 0 Å². The minimum atomic E-state index is -0.474. The highest BCUT2D eigenvalue weighted by molar-refractivity contribution is 6.24. The van der Waals surface area contributed by atoms with Crippen molar-refractivity contribution in [2.75, 3.05) is 9.80 Å². The van der Waals surface area contributed by atoms with E-state index in [1.165, 1.54) is 77.2 Å².